The summed E-state index contributed by atoms with van der Waals surface area (Å²) in [6.07, 6.45) is 7.60. The van der Waals surface area contributed by atoms with Crippen molar-refractivity contribution < 1.29 is 18.6 Å². The summed E-state index contributed by atoms with van der Waals surface area (Å²) in [5, 5.41) is 0. The molecule has 0 amide bonds. The van der Waals surface area contributed by atoms with Gasteiger partial charge in [-0.1, -0.05) is 0 Å². The van der Waals surface area contributed by atoms with Crippen LogP contribution in [0.2, 0.25) is 0 Å². The monoisotopic (exact) mass is 513 g/mol. The Balaban J connectivity index is 0. The molecule has 0 aromatic carbocycles. The van der Waals surface area contributed by atoms with Crippen LogP contribution in [-0.2, 0) is 18.6 Å². The molecule has 1 rings (SSSR count). The molecule has 1 aliphatic rings. The average molecular weight is 511 g/mol. The van der Waals surface area contributed by atoms with Gasteiger partial charge in [0, 0.05) is 0 Å². The molecule has 0 unspecified atom stereocenters. The van der Waals surface area contributed by atoms with E-state index in [1.165, 1.54) is 10.5 Å². The van der Waals surface area contributed by atoms with Gasteiger partial charge in [0.05, 0.1) is 0 Å². The molecule has 0 heterocycles. The predicted molar refractivity (Wildman–Crippen MR) is 52.7 cm³/mol. The molecule has 49 valence electrons. The summed E-state index contributed by atoms with van der Waals surface area (Å²) in [7, 11) is 0. The molecule has 0 aromatic rings. The van der Waals surface area contributed by atoms with Crippen LogP contribution in [0.4, 0.5) is 0 Å². The first-order valence-corrected chi connectivity index (χ1v) is 3.16. The van der Waals surface area contributed by atoms with E-state index in [1.807, 2.05) is 18.6 Å². The van der Waals surface area contributed by atoms with Crippen molar-refractivity contribution in [2.24, 2.45) is 0 Å². The first-order valence-electron chi connectivity index (χ1n) is 1.89. The van der Waals surface area contributed by atoms with E-state index in [-0.39, 0.29) is 48.0 Å². The van der Waals surface area contributed by atoms with E-state index in [0.717, 1.165) is 0 Å². The van der Waals surface area contributed by atoms with Crippen molar-refractivity contribution >= 4 is 48.0 Å². The zero-order valence-corrected chi connectivity index (χ0v) is 11.3. The Hall–Kier alpha value is 1.58. The second kappa shape index (κ2) is 6.69. The Kier molecular flexibility index (Phi) is 10.3. The van der Waals surface area contributed by atoms with Gasteiger partial charge in [-0.25, -0.2) is 0 Å². The van der Waals surface area contributed by atoms with E-state index < -0.39 is 0 Å². The number of hydrogen-bond donors (Lipinski definition) is 0. The van der Waals surface area contributed by atoms with Gasteiger partial charge in [0.25, 0.3) is 0 Å². The van der Waals surface area contributed by atoms with Crippen molar-refractivity contribution in [3.63, 3.8) is 0 Å². The number of halogens is 2. The molecule has 0 radical (unpaired) electrons. The fourth-order valence-corrected chi connectivity index (χ4v) is 0.960. The van der Waals surface area contributed by atoms with Gasteiger partial charge in [-0.2, -0.15) is 0 Å². The van der Waals surface area contributed by atoms with Crippen molar-refractivity contribution in [2.75, 3.05) is 0 Å². The maximum absolute atomic E-state index is 2.17. The molecule has 0 fully saturated rings. The molecule has 0 saturated carbocycles. The normalized spacial score (nSPS) is 13.9. The SMILES string of the molecule is I.I.[Os][C]1=CC=CC1. The predicted octanol–water partition coefficient (Wildman–Crippen LogP) is 2.61. The Morgan fingerprint density at radius 3 is 2.12 bits per heavy atom. The van der Waals surface area contributed by atoms with Gasteiger partial charge < -0.3 is 0 Å². The van der Waals surface area contributed by atoms with E-state index in [9.17, 15) is 0 Å². The van der Waals surface area contributed by atoms with Crippen LogP contribution in [0.25, 0.3) is 0 Å². The zero-order valence-electron chi connectivity index (χ0n) is 4.11. The molecule has 1 aliphatic carbocycles. The minimum absolute atomic E-state index is 0. The number of hydrogen-bond acceptors (Lipinski definition) is 0. The summed E-state index contributed by atoms with van der Waals surface area (Å²) in [5.74, 6) is 0. The molecular formula is C5H7I2Os. The molecule has 3 heteroatoms. The summed E-state index contributed by atoms with van der Waals surface area (Å²) in [5.41, 5.74) is 0. The molecule has 0 nitrogen and oxygen atoms in total. The van der Waals surface area contributed by atoms with Crippen LogP contribution >= 0.6 is 48.0 Å². The Labute approximate surface area is 94.1 Å². The third-order valence-electron chi connectivity index (χ3n) is 0.717. The fraction of sp³-hybridized carbons (Fsp3) is 0.200. The first-order chi connectivity index (χ1) is 2.89. The quantitative estimate of drug-likeness (QED) is 0.439. The van der Waals surface area contributed by atoms with E-state index >= 15 is 0 Å². The van der Waals surface area contributed by atoms with E-state index in [0.29, 0.717) is 0 Å². The van der Waals surface area contributed by atoms with Crippen molar-refractivity contribution in [1.29, 1.82) is 0 Å². The molecule has 0 aromatic heterocycles. The zero-order chi connectivity index (χ0) is 4.41. The minimum atomic E-state index is 0. The van der Waals surface area contributed by atoms with Gasteiger partial charge in [-0.3, -0.25) is 0 Å². The molecule has 0 spiro atoms. The summed E-state index contributed by atoms with van der Waals surface area (Å²) >= 11 is 1.96. The Bertz CT molecular complexity index is 107. The summed E-state index contributed by atoms with van der Waals surface area (Å²) in [6.45, 7) is 0. The van der Waals surface area contributed by atoms with Crippen molar-refractivity contribution in [3.05, 3.63) is 22.4 Å². The molecule has 0 N–H and O–H groups in total. The summed E-state index contributed by atoms with van der Waals surface area (Å²) < 4.78 is 1.50. The Morgan fingerprint density at radius 2 is 2.00 bits per heavy atom. The van der Waals surface area contributed by atoms with E-state index in [4.69, 9.17) is 0 Å². The van der Waals surface area contributed by atoms with Gasteiger partial charge in [0.15, 0.2) is 0 Å². The van der Waals surface area contributed by atoms with Crippen molar-refractivity contribution in [1.82, 2.24) is 0 Å². The molecule has 0 atom stereocenters. The van der Waals surface area contributed by atoms with Crippen LogP contribution in [0.3, 0.4) is 0 Å². The molecule has 0 saturated heterocycles. The fourth-order valence-electron chi connectivity index (χ4n) is 0.416. The van der Waals surface area contributed by atoms with E-state index in [1.54, 1.807) is 0 Å². The number of allylic oxidation sites excluding steroid dienone is 4. The summed E-state index contributed by atoms with van der Waals surface area (Å²) in [4.78, 5) is 0. The van der Waals surface area contributed by atoms with Gasteiger partial charge in [0.1, 0.15) is 0 Å². The van der Waals surface area contributed by atoms with Crippen LogP contribution in [0.1, 0.15) is 6.42 Å². The van der Waals surface area contributed by atoms with Crippen LogP contribution in [0, 0.1) is 0 Å². The van der Waals surface area contributed by atoms with Crippen molar-refractivity contribution in [2.45, 2.75) is 6.42 Å². The summed E-state index contributed by atoms with van der Waals surface area (Å²) in [6, 6.07) is 0. The molecular weight excluding hydrogens is 504 g/mol. The molecule has 8 heavy (non-hydrogen) atoms. The standard InChI is InChI=1S/C5H5.2HI.Os/c1-2-4-5-3-1;;;/h1-3H,4H2;2*1H;. The van der Waals surface area contributed by atoms with Crippen molar-refractivity contribution in [3.8, 4) is 0 Å². The number of rotatable bonds is 0. The maximum atomic E-state index is 2.17. The third-order valence-corrected chi connectivity index (χ3v) is 1.66. The second-order valence-corrected chi connectivity index (χ2v) is 2.86. The topological polar surface area (TPSA) is 0 Å². The van der Waals surface area contributed by atoms with Gasteiger partial charge >= 0.3 is 47.4 Å². The van der Waals surface area contributed by atoms with Gasteiger partial charge in [0.2, 0.25) is 0 Å². The van der Waals surface area contributed by atoms with Gasteiger partial charge in [-0.05, 0) is 0 Å². The van der Waals surface area contributed by atoms with E-state index in [2.05, 4.69) is 18.2 Å². The third kappa shape index (κ3) is 4.45. The van der Waals surface area contributed by atoms with Crippen LogP contribution < -0.4 is 0 Å². The van der Waals surface area contributed by atoms with Crippen LogP contribution in [0.15, 0.2) is 22.4 Å². The molecule has 0 aliphatic heterocycles. The van der Waals surface area contributed by atoms with Crippen LogP contribution in [0.5, 0.6) is 0 Å². The average Bonchev–Trinajstić information content (AvgIpc) is 1.86. The Morgan fingerprint density at radius 1 is 1.38 bits per heavy atom. The van der Waals surface area contributed by atoms with Crippen LogP contribution in [-0.4, -0.2) is 0 Å². The second-order valence-electron chi connectivity index (χ2n) is 1.23. The molecule has 0 bridgehead atoms. The van der Waals surface area contributed by atoms with Gasteiger partial charge in [-0.15, -0.1) is 48.0 Å². The first kappa shape index (κ1) is 12.3.